The SMILES string of the molecule is Fc1ccc(Sc2ccccc2-c2ccccc2)cc1. The summed E-state index contributed by atoms with van der Waals surface area (Å²) in [7, 11) is 0. The van der Waals surface area contributed by atoms with Gasteiger partial charge >= 0.3 is 0 Å². The highest BCUT2D eigenvalue weighted by Gasteiger charge is 2.05. The Labute approximate surface area is 122 Å². The third kappa shape index (κ3) is 2.91. The molecule has 3 rings (SSSR count). The minimum atomic E-state index is -0.203. The van der Waals surface area contributed by atoms with E-state index in [0.717, 1.165) is 4.90 Å². The number of hydrogen-bond donors (Lipinski definition) is 0. The Balaban J connectivity index is 1.96. The van der Waals surface area contributed by atoms with Gasteiger partial charge < -0.3 is 0 Å². The summed E-state index contributed by atoms with van der Waals surface area (Å²) in [6.45, 7) is 0. The fourth-order valence-corrected chi connectivity index (χ4v) is 3.01. The van der Waals surface area contributed by atoms with Gasteiger partial charge in [0.15, 0.2) is 0 Å². The van der Waals surface area contributed by atoms with Crippen LogP contribution in [0.3, 0.4) is 0 Å². The summed E-state index contributed by atoms with van der Waals surface area (Å²) in [4.78, 5) is 2.21. The lowest BCUT2D eigenvalue weighted by atomic mass is 10.1. The van der Waals surface area contributed by atoms with Crippen LogP contribution in [0.4, 0.5) is 4.39 Å². The van der Waals surface area contributed by atoms with Gasteiger partial charge in [0.05, 0.1) is 0 Å². The van der Waals surface area contributed by atoms with E-state index in [-0.39, 0.29) is 5.82 Å². The van der Waals surface area contributed by atoms with Gasteiger partial charge in [0, 0.05) is 9.79 Å². The summed E-state index contributed by atoms with van der Waals surface area (Å²) in [5.74, 6) is -0.203. The highest BCUT2D eigenvalue weighted by Crippen LogP contribution is 2.35. The molecule has 2 heteroatoms. The topological polar surface area (TPSA) is 0 Å². The Morgan fingerprint density at radius 3 is 2.05 bits per heavy atom. The van der Waals surface area contributed by atoms with E-state index in [4.69, 9.17) is 0 Å². The van der Waals surface area contributed by atoms with Gasteiger partial charge in [-0.1, -0.05) is 60.3 Å². The normalized spacial score (nSPS) is 10.4. The first-order valence-electron chi connectivity index (χ1n) is 6.41. The molecule has 3 aromatic carbocycles. The van der Waals surface area contributed by atoms with Crippen molar-refractivity contribution in [2.75, 3.05) is 0 Å². The minimum Gasteiger partial charge on any atom is -0.207 e. The summed E-state index contributed by atoms with van der Waals surface area (Å²) in [5, 5.41) is 0. The molecule has 0 amide bonds. The number of benzene rings is 3. The van der Waals surface area contributed by atoms with Gasteiger partial charge in [-0.2, -0.15) is 0 Å². The number of hydrogen-bond acceptors (Lipinski definition) is 1. The van der Waals surface area contributed by atoms with Crippen LogP contribution in [-0.4, -0.2) is 0 Å². The van der Waals surface area contributed by atoms with Crippen molar-refractivity contribution in [2.45, 2.75) is 9.79 Å². The Morgan fingerprint density at radius 2 is 1.30 bits per heavy atom. The second-order valence-electron chi connectivity index (χ2n) is 4.42. The van der Waals surface area contributed by atoms with Gasteiger partial charge in [-0.05, 0) is 41.5 Å². The predicted octanol–water partition coefficient (Wildman–Crippen LogP) is 5.64. The zero-order valence-electron chi connectivity index (χ0n) is 10.8. The predicted molar refractivity (Wildman–Crippen MR) is 82.4 cm³/mol. The van der Waals surface area contributed by atoms with Crippen molar-refractivity contribution in [3.05, 3.63) is 84.7 Å². The average molecular weight is 280 g/mol. The van der Waals surface area contributed by atoms with Crippen molar-refractivity contribution in [1.29, 1.82) is 0 Å². The molecular weight excluding hydrogens is 267 g/mol. The molecule has 0 radical (unpaired) electrons. The molecule has 0 nitrogen and oxygen atoms in total. The molecule has 0 atom stereocenters. The lowest BCUT2D eigenvalue weighted by Gasteiger charge is -2.09. The Morgan fingerprint density at radius 1 is 0.650 bits per heavy atom. The lowest BCUT2D eigenvalue weighted by Crippen LogP contribution is -1.82. The van der Waals surface area contributed by atoms with Gasteiger partial charge in [-0.25, -0.2) is 4.39 Å². The second-order valence-corrected chi connectivity index (χ2v) is 5.53. The maximum atomic E-state index is 13.0. The molecule has 0 heterocycles. The maximum absolute atomic E-state index is 13.0. The molecule has 98 valence electrons. The van der Waals surface area contributed by atoms with Crippen molar-refractivity contribution in [2.24, 2.45) is 0 Å². The smallest absolute Gasteiger partial charge is 0.123 e. The molecule has 0 aliphatic rings. The van der Waals surface area contributed by atoms with Crippen molar-refractivity contribution >= 4 is 11.8 Å². The van der Waals surface area contributed by atoms with Crippen molar-refractivity contribution < 1.29 is 4.39 Å². The molecular formula is C18H13FS. The van der Waals surface area contributed by atoms with Gasteiger partial charge in [0.1, 0.15) is 5.82 Å². The largest absolute Gasteiger partial charge is 0.207 e. The zero-order valence-corrected chi connectivity index (χ0v) is 11.6. The van der Waals surface area contributed by atoms with Gasteiger partial charge in [-0.3, -0.25) is 0 Å². The molecule has 0 saturated carbocycles. The van der Waals surface area contributed by atoms with Crippen LogP contribution in [0.1, 0.15) is 0 Å². The van der Waals surface area contributed by atoms with E-state index in [1.807, 2.05) is 42.5 Å². The summed E-state index contributed by atoms with van der Waals surface area (Å²) < 4.78 is 13.0. The molecule has 0 aliphatic heterocycles. The first-order chi connectivity index (χ1) is 9.83. The summed E-state index contributed by atoms with van der Waals surface area (Å²) in [5.41, 5.74) is 2.39. The van der Waals surface area contributed by atoms with E-state index in [0.29, 0.717) is 0 Å². The third-order valence-electron chi connectivity index (χ3n) is 3.01. The van der Waals surface area contributed by atoms with E-state index in [2.05, 4.69) is 24.3 Å². The highest BCUT2D eigenvalue weighted by atomic mass is 32.2. The first kappa shape index (κ1) is 12.9. The molecule has 0 aromatic heterocycles. The molecule has 0 saturated heterocycles. The van der Waals surface area contributed by atoms with Crippen molar-refractivity contribution in [3.8, 4) is 11.1 Å². The summed E-state index contributed by atoms with van der Waals surface area (Å²) in [6, 6.07) is 25.2. The first-order valence-corrected chi connectivity index (χ1v) is 7.22. The van der Waals surface area contributed by atoms with E-state index in [9.17, 15) is 4.39 Å². The molecule has 0 spiro atoms. The van der Waals surface area contributed by atoms with Gasteiger partial charge in [0.2, 0.25) is 0 Å². The Hall–Kier alpha value is -2.06. The van der Waals surface area contributed by atoms with Gasteiger partial charge in [0.25, 0.3) is 0 Å². The van der Waals surface area contributed by atoms with E-state index < -0.39 is 0 Å². The Kier molecular flexibility index (Phi) is 3.84. The monoisotopic (exact) mass is 280 g/mol. The fraction of sp³-hybridized carbons (Fsp3) is 0. The standard InChI is InChI=1S/C18H13FS/c19-15-10-12-16(13-11-15)20-18-9-5-4-8-17(18)14-6-2-1-3-7-14/h1-13H. The van der Waals surface area contributed by atoms with Crippen LogP contribution in [-0.2, 0) is 0 Å². The zero-order chi connectivity index (χ0) is 13.8. The van der Waals surface area contributed by atoms with Crippen molar-refractivity contribution in [1.82, 2.24) is 0 Å². The lowest BCUT2D eigenvalue weighted by molar-refractivity contribution is 0.626. The van der Waals surface area contributed by atoms with E-state index >= 15 is 0 Å². The van der Waals surface area contributed by atoms with E-state index in [1.165, 1.54) is 28.2 Å². The highest BCUT2D eigenvalue weighted by molar-refractivity contribution is 7.99. The quantitative estimate of drug-likeness (QED) is 0.598. The average Bonchev–Trinajstić information content (AvgIpc) is 2.51. The van der Waals surface area contributed by atoms with Crippen LogP contribution in [0.25, 0.3) is 11.1 Å². The van der Waals surface area contributed by atoms with Crippen LogP contribution in [0.15, 0.2) is 88.7 Å². The summed E-state index contributed by atoms with van der Waals surface area (Å²) in [6.07, 6.45) is 0. The third-order valence-corrected chi connectivity index (χ3v) is 4.10. The number of rotatable bonds is 3. The molecule has 0 N–H and O–H groups in total. The summed E-state index contributed by atoms with van der Waals surface area (Å²) >= 11 is 1.65. The molecule has 0 unspecified atom stereocenters. The Bertz CT molecular complexity index is 690. The number of halogens is 1. The van der Waals surface area contributed by atoms with Crippen LogP contribution >= 0.6 is 11.8 Å². The van der Waals surface area contributed by atoms with Crippen LogP contribution < -0.4 is 0 Å². The van der Waals surface area contributed by atoms with Crippen LogP contribution in [0.2, 0.25) is 0 Å². The van der Waals surface area contributed by atoms with Crippen LogP contribution in [0, 0.1) is 5.82 Å². The molecule has 20 heavy (non-hydrogen) atoms. The molecule has 3 aromatic rings. The van der Waals surface area contributed by atoms with Crippen molar-refractivity contribution in [3.63, 3.8) is 0 Å². The molecule has 0 fully saturated rings. The van der Waals surface area contributed by atoms with Gasteiger partial charge in [-0.15, -0.1) is 0 Å². The fourth-order valence-electron chi connectivity index (χ4n) is 2.04. The maximum Gasteiger partial charge on any atom is 0.123 e. The van der Waals surface area contributed by atoms with E-state index in [1.54, 1.807) is 11.8 Å². The van der Waals surface area contributed by atoms with Crippen LogP contribution in [0.5, 0.6) is 0 Å². The minimum absolute atomic E-state index is 0.203. The molecule has 0 aliphatic carbocycles. The second kappa shape index (κ2) is 5.93. The molecule has 0 bridgehead atoms.